The average Bonchev–Trinajstić information content (AvgIpc) is 2.10. The molecule has 0 aromatic carbocycles. The predicted octanol–water partition coefficient (Wildman–Crippen LogP) is 4.81. The van der Waals surface area contributed by atoms with Gasteiger partial charge in [0.15, 0.2) is 0 Å². The molecule has 2 atom stereocenters. The van der Waals surface area contributed by atoms with Crippen LogP contribution in [0.2, 0.25) is 0 Å². The molecule has 0 heterocycles. The molecule has 0 saturated carbocycles. The van der Waals surface area contributed by atoms with E-state index in [2.05, 4.69) is 34.3 Å². The van der Waals surface area contributed by atoms with Crippen LogP contribution >= 0.6 is 0 Å². The van der Waals surface area contributed by atoms with E-state index in [1.54, 1.807) is 0 Å². The zero-order valence-corrected chi connectivity index (χ0v) is 9.90. The zero-order valence-electron chi connectivity index (χ0n) is 9.90. The second-order valence-electron chi connectivity index (χ2n) is 4.43. The maximum absolute atomic E-state index is 3.96. The first kappa shape index (κ1) is 12.7. The summed E-state index contributed by atoms with van der Waals surface area (Å²) in [6, 6.07) is 0. The van der Waals surface area contributed by atoms with Crippen molar-refractivity contribution in [3.63, 3.8) is 0 Å². The highest BCUT2D eigenvalue weighted by molar-refractivity contribution is 4.88. The second-order valence-corrected chi connectivity index (χ2v) is 4.43. The summed E-state index contributed by atoms with van der Waals surface area (Å²) in [6.45, 7) is 13.1. The third kappa shape index (κ3) is 5.90. The molecule has 0 aliphatic heterocycles. The maximum Gasteiger partial charge on any atom is -0.0323 e. The van der Waals surface area contributed by atoms with Gasteiger partial charge in [0.1, 0.15) is 0 Å². The number of hydrogen-bond donors (Lipinski definition) is 0. The summed E-state index contributed by atoms with van der Waals surface area (Å²) >= 11 is 0. The summed E-state index contributed by atoms with van der Waals surface area (Å²) in [5.41, 5.74) is 1.33. The minimum Gasteiger partial charge on any atom is -0.100 e. The van der Waals surface area contributed by atoms with Crippen molar-refractivity contribution in [2.75, 3.05) is 0 Å². The van der Waals surface area contributed by atoms with E-state index in [1.807, 2.05) is 0 Å². The van der Waals surface area contributed by atoms with Crippen LogP contribution in [0.15, 0.2) is 12.2 Å². The van der Waals surface area contributed by atoms with Crippen LogP contribution in [0.25, 0.3) is 0 Å². The second kappa shape index (κ2) is 7.17. The summed E-state index contributed by atoms with van der Waals surface area (Å²) in [6.07, 6.45) is 6.60. The average molecular weight is 182 g/mol. The highest BCUT2D eigenvalue weighted by Crippen LogP contribution is 2.25. The number of allylic oxidation sites excluding steroid dienone is 1. The lowest BCUT2D eigenvalue weighted by Crippen LogP contribution is -2.10. The van der Waals surface area contributed by atoms with Crippen LogP contribution in [0.1, 0.15) is 59.8 Å². The smallest absolute Gasteiger partial charge is 0.0323 e. The van der Waals surface area contributed by atoms with E-state index in [9.17, 15) is 0 Å². The van der Waals surface area contributed by atoms with Gasteiger partial charge in [0.2, 0.25) is 0 Å². The topological polar surface area (TPSA) is 0 Å². The van der Waals surface area contributed by atoms with Crippen molar-refractivity contribution in [3.8, 4) is 0 Å². The minimum atomic E-state index is 0.877. The van der Waals surface area contributed by atoms with Gasteiger partial charge in [-0.05, 0) is 31.6 Å². The summed E-state index contributed by atoms with van der Waals surface area (Å²) in [5.74, 6) is 1.81. The first-order valence-electron chi connectivity index (χ1n) is 5.76. The van der Waals surface area contributed by atoms with E-state index < -0.39 is 0 Å². The van der Waals surface area contributed by atoms with Crippen molar-refractivity contribution in [1.29, 1.82) is 0 Å². The molecule has 0 spiro atoms. The van der Waals surface area contributed by atoms with Gasteiger partial charge in [0, 0.05) is 0 Å². The molecule has 0 aliphatic carbocycles. The largest absolute Gasteiger partial charge is 0.100 e. The van der Waals surface area contributed by atoms with Gasteiger partial charge in [-0.2, -0.15) is 0 Å². The molecule has 0 bridgehead atoms. The maximum atomic E-state index is 3.96. The van der Waals surface area contributed by atoms with E-state index in [0.29, 0.717) is 0 Å². The van der Waals surface area contributed by atoms with Crippen molar-refractivity contribution in [2.24, 2.45) is 11.8 Å². The molecular weight excluding hydrogens is 156 g/mol. The van der Waals surface area contributed by atoms with Gasteiger partial charge in [0.25, 0.3) is 0 Å². The van der Waals surface area contributed by atoms with Crippen LogP contribution in [-0.4, -0.2) is 0 Å². The SMILES string of the molecule is C=C(C)CCC(C)C(CC)CCC. The molecule has 0 rings (SSSR count). The fourth-order valence-corrected chi connectivity index (χ4v) is 1.97. The third-order valence-corrected chi connectivity index (χ3v) is 3.02. The molecule has 0 aromatic rings. The first-order valence-corrected chi connectivity index (χ1v) is 5.76. The van der Waals surface area contributed by atoms with Gasteiger partial charge in [0.05, 0.1) is 0 Å². The predicted molar refractivity (Wildman–Crippen MR) is 61.9 cm³/mol. The van der Waals surface area contributed by atoms with E-state index >= 15 is 0 Å². The summed E-state index contributed by atoms with van der Waals surface area (Å²) < 4.78 is 0. The fourth-order valence-electron chi connectivity index (χ4n) is 1.97. The Bertz CT molecular complexity index is 135. The van der Waals surface area contributed by atoms with E-state index in [-0.39, 0.29) is 0 Å². The molecule has 0 fully saturated rings. The van der Waals surface area contributed by atoms with Gasteiger partial charge in [-0.1, -0.05) is 45.6 Å². The fraction of sp³-hybridized carbons (Fsp3) is 0.846. The van der Waals surface area contributed by atoms with Crippen molar-refractivity contribution in [2.45, 2.75) is 59.8 Å². The highest BCUT2D eigenvalue weighted by Gasteiger charge is 2.13. The van der Waals surface area contributed by atoms with Crippen LogP contribution < -0.4 is 0 Å². The van der Waals surface area contributed by atoms with Crippen LogP contribution in [0.4, 0.5) is 0 Å². The van der Waals surface area contributed by atoms with E-state index in [0.717, 1.165) is 11.8 Å². The summed E-state index contributed by atoms with van der Waals surface area (Å²) in [5, 5.41) is 0. The normalized spacial score (nSPS) is 15.4. The Balaban J connectivity index is 3.76. The Morgan fingerprint density at radius 2 is 1.85 bits per heavy atom. The Kier molecular flexibility index (Phi) is 7.03. The zero-order chi connectivity index (χ0) is 10.3. The molecule has 0 saturated heterocycles. The Hall–Kier alpha value is -0.260. The van der Waals surface area contributed by atoms with Gasteiger partial charge < -0.3 is 0 Å². The Morgan fingerprint density at radius 1 is 1.23 bits per heavy atom. The van der Waals surface area contributed by atoms with Crippen molar-refractivity contribution in [3.05, 3.63) is 12.2 Å². The molecular formula is C13H26. The molecule has 0 amide bonds. The molecule has 0 nitrogen and oxygen atoms in total. The molecule has 78 valence electrons. The van der Waals surface area contributed by atoms with Crippen LogP contribution in [0.3, 0.4) is 0 Å². The van der Waals surface area contributed by atoms with Gasteiger partial charge in [-0.15, -0.1) is 6.58 Å². The molecule has 0 aliphatic rings. The van der Waals surface area contributed by atoms with Crippen LogP contribution in [0.5, 0.6) is 0 Å². The lowest BCUT2D eigenvalue weighted by Gasteiger charge is -2.22. The molecule has 0 N–H and O–H groups in total. The number of hydrogen-bond acceptors (Lipinski definition) is 0. The molecule has 0 radical (unpaired) electrons. The summed E-state index contributed by atoms with van der Waals surface area (Å²) in [4.78, 5) is 0. The molecule has 0 aromatic heterocycles. The third-order valence-electron chi connectivity index (χ3n) is 3.02. The molecule has 2 unspecified atom stereocenters. The highest BCUT2D eigenvalue weighted by atomic mass is 14.2. The standard InChI is InChI=1S/C13H26/c1-6-8-13(7-2)12(5)10-9-11(3)4/h12-13H,3,6-10H2,1-2,4-5H3. The lowest BCUT2D eigenvalue weighted by atomic mass is 9.84. The summed E-state index contributed by atoms with van der Waals surface area (Å²) in [7, 11) is 0. The Morgan fingerprint density at radius 3 is 2.23 bits per heavy atom. The van der Waals surface area contributed by atoms with Gasteiger partial charge in [-0.3, -0.25) is 0 Å². The van der Waals surface area contributed by atoms with Crippen molar-refractivity contribution in [1.82, 2.24) is 0 Å². The number of rotatable bonds is 7. The molecule has 0 heteroatoms. The lowest BCUT2D eigenvalue weighted by molar-refractivity contribution is 0.306. The van der Waals surface area contributed by atoms with Crippen LogP contribution in [0, 0.1) is 11.8 Å². The quantitative estimate of drug-likeness (QED) is 0.496. The monoisotopic (exact) mass is 182 g/mol. The van der Waals surface area contributed by atoms with Gasteiger partial charge in [-0.25, -0.2) is 0 Å². The first-order chi connectivity index (χ1) is 6.11. The Labute approximate surface area is 84.4 Å². The minimum absolute atomic E-state index is 0.877. The van der Waals surface area contributed by atoms with E-state index in [1.165, 1.54) is 37.7 Å². The van der Waals surface area contributed by atoms with Gasteiger partial charge >= 0.3 is 0 Å². The van der Waals surface area contributed by atoms with Crippen LogP contribution in [-0.2, 0) is 0 Å². The van der Waals surface area contributed by atoms with E-state index in [4.69, 9.17) is 0 Å². The van der Waals surface area contributed by atoms with Crippen molar-refractivity contribution < 1.29 is 0 Å². The van der Waals surface area contributed by atoms with Crippen molar-refractivity contribution >= 4 is 0 Å². The molecule has 13 heavy (non-hydrogen) atoms.